The molecule has 0 atom stereocenters. The first-order valence-electron chi connectivity index (χ1n) is 6.93. The standard InChI is InChI=1S/C16H22O2/c1-2-3-4-5-6-7-8-9-14-10-11-15-16(12-14)18-13-17-15/h5-6,10-12H,2-4,7-9,13H2,1H3/b6-5+. The average Bonchev–Trinajstić information content (AvgIpc) is 2.85. The van der Waals surface area contributed by atoms with Crippen LogP contribution in [-0.2, 0) is 6.42 Å². The van der Waals surface area contributed by atoms with E-state index in [4.69, 9.17) is 9.47 Å². The largest absolute Gasteiger partial charge is 0.454 e. The van der Waals surface area contributed by atoms with Gasteiger partial charge in [0.2, 0.25) is 6.79 Å². The van der Waals surface area contributed by atoms with Crippen molar-refractivity contribution in [1.29, 1.82) is 0 Å². The molecule has 1 aromatic rings. The SMILES string of the molecule is CCCC/C=C/CCCc1ccc2c(c1)OCO2. The van der Waals surface area contributed by atoms with Crippen LogP contribution in [0.15, 0.2) is 30.4 Å². The molecule has 2 heteroatoms. The van der Waals surface area contributed by atoms with Crippen molar-refractivity contribution in [1.82, 2.24) is 0 Å². The van der Waals surface area contributed by atoms with E-state index in [0.717, 1.165) is 24.3 Å². The molecule has 1 aliphatic rings. The van der Waals surface area contributed by atoms with Gasteiger partial charge >= 0.3 is 0 Å². The van der Waals surface area contributed by atoms with Crippen LogP contribution in [0.3, 0.4) is 0 Å². The van der Waals surface area contributed by atoms with Crippen LogP contribution in [0.5, 0.6) is 11.5 Å². The third-order valence-corrected chi connectivity index (χ3v) is 3.16. The molecule has 0 saturated carbocycles. The average molecular weight is 246 g/mol. The van der Waals surface area contributed by atoms with Gasteiger partial charge in [0.1, 0.15) is 0 Å². The van der Waals surface area contributed by atoms with Gasteiger partial charge in [-0.2, -0.15) is 0 Å². The van der Waals surface area contributed by atoms with Gasteiger partial charge in [-0.1, -0.05) is 38.0 Å². The molecule has 1 heterocycles. The van der Waals surface area contributed by atoms with E-state index < -0.39 is 0 Å². The van der Waals surface area contributed by atoms with E-state index in [1.807, 2.05) is 6.07 Å². The fourth-order valence-corrected chi connectivity index (χ4v) is 2.08. The van der Waals surface area contributed by atoms with Crippen molar-refractivity contribution in [3.8, 4) is 11.5 Å². The predicted octanol–water partition coefficient (Wildman–Crippen LogP) is 4.48. The molecule has 1 aromatic carbocycles. The van der Waals surface area contributed by atoms with Gasteiger partial charge in [0.15, 0.2) is 11.5 Å². The molecule has 0 unspecified atom stereocenters. The Hall–Kier alpha value is -1.44. The van der Waals surface area contributed by atoms with E-state index in [2.05, 4.69) is 31.2 Å². The smallest absolute Gasteiger partial charge is 0.231 e. The summed E-state index contributed by atoms with van der Waals surface area (Å²) in [4.78, 5) is 0. The van der Waals surface area contributed by atoms with E-state index in [9.17, 15) is 0 Å². The Kier molecular flexibility index (Phi) is 5.13. The van der Waals surface area contributed by atoms with Crippen molar-refractivity contribution >= 4 is 0 Å². The van der Waals surface area contributed by atoms with Crippen LogP contribution in [0.25, 0.3) is 0 Å². The van der Waals surface area contributed by atoms with Crippen LogP contribution in [-0.4, -0.2) is 6.79 Å². The van der Waals surface area contributed by atoms with E-state index >= 15 is 0 Å². The molecule has 0 aliphatic carbocycles. The molecule has 0 N–H and O–H groups in total. The summed E-state index contributed by atoms with van der Waals surface area (Å²) in [6.45, 7) is 2.59. The van der Waals surface area contributed by atoms with Crippen molar-refractivity contribution in [2.24, 2.45) is 0 Å². The first-order chi connectivity index (χ1) is 8.90. The summed E-state index contributed by atoms with van der Waals surface area (Å²) in [6, 6.07) is 6.24. The number of hydrogen-bond acceptors (Lipinski definition) is 2. The van der Waals surface area contributed by atoms with Gasteiger partial charge in [0.05, 0.1) is 0 Å². The normalized spacial score (nSPS) is 13.4. The minimum absolute atomic E-state index is 0.360. The van der Waals surface area contributed by atoms with E-state index in [1.54, 1.807) is 0 Å². The fourth-order valence-electron chi connectivity index (χ4n) is 2.08. The number of rotatable bonds is 7. The molecule has 0 radical (unpaired) electrons. The predicted molar refractivity (Wildman–Crippen MR) is 74.2 cm³/mol. The molecular weight excluding hydrogens is 224 g/mol. The van der Waals surface area contributed by atoms with Gasteiger partial charge in [-0.3, -0.25) is 0 Å². The lowest BCUT2D eigenvalue weighted by atomic mass is 10.1. The lowest BCUT2D eigenvalue weighted by molar-refractivity contribution is 0.174. The maximum absolute atomic E-state index is 5.37. The molecule has 0 amide bonds. The Balaban J connectivity index is 1.69. The Morgan fingerprint density at radius 2 is 1.83 bits per heavy atom. The zero-order chi connectivity index (χ0) is 12.6. The third-order valence-electron chi connectivity index (χ3n) is 3.16. The van der Waals surface area contributed by atoms with E-state index in [-0.39, 0.29) is 0 Å². The Labute approximate surface area is 110 Å². The molecule has 0 bridgehead atoms. The monoisotopic (exact) mass is 246 g/mol. The van der Waals surface area contributed by atoms with Gasteiger partial charge in [-0.15, -0.1) is 0 Å². The first kappa shape index (κ1) is 13.0. The van der Waals surface area contributed by atoms with Gasteiger partial charge in [-0.25, -0.2) is 0 Å². The summed E-state index contributed by atoms with van der Waals surface area (Å²) < 4.78 is 10.7. The van der Waals surface area contributed by atoms with Crippen molar-refractivity contribution in [3.05, 3.63) is 35.9 Å². The minimum Gasteiger partial charge on any atom is -0.454 e. The number of benzene rings is 1. The minimum atomic E-state index is 0.360. The second kappa shape index (κ2) is 7.10. The zero-order valence-corrected chi connectivity index (χ0v) is 11.2. The Morgan fingerprint density at radius 3 is 2.67 bits per heavy atom. The molecule has 2 nitrogen and oxygen atoms in total. The summed E-state index contributed by atoms with van der Waals surface area (Å²) in [5.74, 6) is 1.77. The van der Waals surface area contributed by atoms with Crippen LogP contribution >= 0.6 is 0 Å². The van der Waals surface area contributed by atoms with Gasteiger partial charge in [-0.05, 0) is 43.4 Å². The second-order valence-corrected chi connectivity index (χ2v) is 4.69. The Morgan fingerprint density at radius 1 is 1.06 bits per heavy atom. The van der Waals surface area contributed by atoms with Crippen molar-refractivity contribution in [2.75, 3.05) is 6.79 Å². The second-order valence-electron chi connectivity index (χ2n) is 4.69. The first-order valence-corrected chi connectivity index (χ1v) is 6.93. The van der Waals surface area contributed by atoms with E-state index in [1.165, 1.54) is 31.2 Å². The van der Waals surface area contributed by atoms with Crippen molar-refractivity contribution in [2.45, 2.75) is 45.4 Å². The highest BCUT2D eigenvalue weighted by molar-refractivity contribution is 5.44. The number of aryl methyl sites for hydroxylation is 1. The number of hydrogen-bond donors (Lipinski definition) is 0. The van der Waals surface area contributed by atoms with Crippen LogP contribution in [0.1, 0.15) is 44.6 Å². The molecule has 0 spiro atoms. The van der Waals surface area contributed by atoms with Crippen LogP contribution in [0.2, 0.25) is 0 Å². The van der Waals surface area contributed by atoms with E-state index in [0.29, 0.717) is 6.79 Å². The molecule has 2 rings (SSSR count). The molecule has 98 valence electrons. The molecular formula is C16H22O2. The van der Waals surface area contributed by atoms with Crippen molar-refractivity contribution in [3.63, 3.8) is 0 Å². The molecule has 0 fully saturated rings. The molecule has 18 heavy (non-hydrogen) atoms. The number of ether oxygens (including phenoxy) is 2. The highest BCUT2D eigenvalue weighted by Crippen LogP contribution is 2.32. The Bertz CT molecular complexity index is 396. The summed E-state index contributed by atoms with van der Waals surface area (Å²) >= 11 is 0. The van der Waals surface area contributed by atoms with Gasteiger partial charge in [0, 0.05) is 0 Å². The molecule has 1 aliphatic heterocycles. The maximum atomic E-state index is 5.37. The summed E-state index contributed by atoms with van der Waals surface area (Å²) in [5, 5.41) is 0. The van der Waals surface area contributed by atoms with Crippen LogP contribution in [0.4, 0.5) is 0 Å². The maximum Gasteiger partial charge on any atom is 0.231 e. The fraction of sp³-hybridized carbons (Fsp3) is 0.500. The number of unbranched alkanes of at least 4 members (excludes halogenated alkanes) is 3. The summed E-state index contributed by atoms with van der Waals surface area (Å²) in [6.07, 6.45) is 11.9. The summed E-state index contributed by atoms with van der Waals surface area (Å²) in [5.41, 5.74) is 1.33. The number of allylic oxidation sites excluding steroid dienone is 2. The number of fused-ring (bicyclic) bond motifs is 1. The highest BCUT2D eigenvalue weighted by Gasteiger charge is 2.12. The van der Waals surface area contributed by atoms with Crippen LogP contribution in [0, 0.1) is 0 Å². The van der Waals surface area contributed by atoms with Crippen molar-refractivity contribution < 1.29 is 9.47 Å². The zero-order valence-electron chi connectivity index (χ0n) is 11.2. The molecule has 0 aromatic heterocycles. The topological polar surface area (TPSA) is 18.5 Å². The lowest BCUT2D eigenvalue weighted by Crippen LogP contribution is -1.92. The quantitative estimate of drug-likeness (QED) is 0.521. The molecule has 0 saturated heterocycles. The lowest BCUT2D eigenvalue weighted by Gasteiger charge is -2.01. The van der Waals surface area contributed by atoms with Gasteiger partial charge < -0.3 is 9.47 Å². The van der Waals surface area contributed by atoms with Gasteiger partial charge in [0.25, 0.3) is 0 Å². The summed E-state index contributed by atoms with van der Waals surface area (Å²) in [7, 11) is 0. The highest BCUT2D eigenvalue weighted by atomic mass is 16.7. The van der Waals surface area contributed by atoms with Crippen LogP contribution < -0.4 is 9.47 Å². The third kappa shape index (κ3) is 3.80.